The topological polar surface area (TPSA) is 133 Å². The molecule has 7 heteroatoms. The lowest BCUT2D eigenvalue weighted by Crippen LogP contribution is -2.49. The molecule has 7 nitrogen and oxygen atoms in total. The van der Waals surface area contributed by atoms with Gasteiger partial charge in [0.2, 0.25) is 0 Å². The number of hydrogen-bond donors (Lipinski definition) is 7. The number of unbranched alkanes of at least 4 members (excludes halogenated alkanes) is 9. The van der Waals surface area contributed by atoms with Crippen molar-refractivity contribution >= 4 is 0 Å². The SMILES string of the molecule is CCCCCCCCCCCCC(O)CNC[C@H](O)[C@@H](O)[C@H](O)[C@H](O)CO. The fourth-order valence-corrected chi connectivity index (χ4v) is 3.05. The van der Waals surface area contributed by atoms with Crippen molar-refractivity contribution < 1.29 is 30.6 Å². The fourth-order valence-electron chi connectivity index (χ4n) is 3.05. The average molecular weight is 394 g/mol. The molecule has 0 bridgehead atoms. The third-order valence-electron chi connectivity index (χ3n) is 4.95. The predicted octanol–water partition coefficient (Wildman–Crippen LogP) is 0.684. The van der Waals surface area contributed by atoms with E-state index in [1.165, 1.54) is 51.4 Å². The summed E-state index contributed by atoms with van der Waals surface area (Å²) in [4.78, 5) is 0. The van der Waals surface area contributed by atoms with Crippen LogP contribution in [-0.2, 0) is 0 Å². The summed E-state index contributed by atoms with van der Waals surface area (Å²) in [5.41, 5.74) is 0. The summed E-state index contributed by atoms with van der Waals surface area (Å²) in [6, 6.07) is 0. The molecular weight excluding hydrogens is 350 g/mol. The van der Waals surface area contributed by atoms with Gasteiger partial charge in [-0.2, -0.15) is 0 Å². The Morgan fingerprint density at radius 2 is 1.11 bits per heavy atom. The molecule has 0 aromatic carbocycles. The first-order valence-corrected chi connectivity index (χ1v) is 10.7. The molecule has 7 N–H and O–H groups in total. The second-order valence-electron chi connectivity index (χ2n) is 7.58. The van der Waals surface area contributed by atoms with Crippen LogP contribution in [-0.4, -0.2) is 80.9 Å². The quantitative estimate of drug-likeness (QED) is 0.161. The monoisotopic (exact) mass is 393 g/mol. The van der Waals surface area contributed by atoms with E-state index in [1.807, 2.05) is 0 Å². The maximum atomic E-state index is 9.93. The summed E-state index contributed by atoms with van der Waals surface area (Å²) < 4.78 is 0. The molecule has 0 rings (SSSR count). The maximum absolute atomic E-state index is 9.93. The molecule has 27 heavy (non-hydrogen) atoms. The fraction of sp³-hybridized carbons (Fsp3) is 1.00. The third-order valence-corrected chi connectivity index (χ3v) is 4.95. The van der Waals surface area contributed by atoms with E-state index in [4.69, 9.17) is 5.11 Å². The Bertz CT molecular complexity index is 321. The van der Waals surface area contributed by atoms with Crippen molar-refractivity contribution in [1.29, 1.82) is 0 Å². The molecule has 0 aromatic rings. The second kappa shape index (κ2) is 17.8. The zero-order chi connectivity index (χ0) is 20.5. The number of hydrogen-bond acceptors (Lipinski definition) is 7. The minimum absolute atomic E-state index is 0.0224. The van der Waals surface area contributed by atoms with Gasteiger partial charge in [-0.3, -0.25) is 0 Å². The van der Waals surface area contributed by atoms with Crippen molar-refractivity contribution in [2.45, 2.75) is 108 Å². The molecule has 164 valence electrons. The standard InChI is InChI=1S/C20H43NO6/c1-2-3-4-5-6-7-8-9-10-11-12-16(23)13-21-14-17(24)19(26)20(27)18(25)15-22/h16-27H,2-15H2,1H3/t16?,17-,18+,19+,20+/m0/s1. The zero-order valence-electron chi connectivity index (χ0n) is 17.0. The summed E-state index contributed by atoms with van der Waals surface area (Å²) in [5.74, 6) is 0. The lowest BCUT2D eigenvalue weighted by atomic mass is 10.0. The molecule has 0 saturated carbocycles. The van der Waals surface area contributed by atoms with Crippen molar-refractivity contribution in [3.63, 3.8) is 0 Å². The van der Waals surface area contributed by atoms with Crippen molar-refractivity contribution in [3.05, 3.63) is 0 Å². The second-order valence-corrected chi connectivity index (χ2v) is 7.58. The van der Waals surface area contributed by atoms with E-state index in [9.17, 15) is 25.5 Å². The first kappa shape index (κ1) is 26.7. The summed E-state index contributed by atoms with van der Waals surface area (Å²) in [7, 11) is 0. The van der Waals surface area contributed by atoms with Gasteiger partial charge >= 0.3 is 0 Å². The van der Waals surface area contributed by atoms with Crippen molar-refractivity contribution in [2.75, 3.05) is 19.7 Å². The molecule has 1 unspecified atom stereocenters. The molecule has 0 spiro atoms. The lowest BCUT2D eigenvalue weighted by molar-refractivity contribution is -0.114. The van der Waals surface area contributed by atoms with Gasteiger partial charge in [0, 0.05) is 13.1 Å². The van der Waals surface area contributed by atoms with Gasteiger partial charge < -0.3 is 36.0 Å². The van der Waals surface area contributed by atoms with Gasteiger partial charge in [-0.15, -0.1) is 0 Å². The molecule has 0 aliphatic rings. The predicted molar refractivity (Wildman–Crippen MR) is 106 cm³/mol. The first-order chi connectivity index (χ1) is 12.9. The summed E-state index contributed by atoms with van der Waals surface area (Å²) in [5, 5.41) is 59.7. The number of aliphatic hydroxyl groups is 6. The summed E-state index contributed by atoms with van der Waals surface area (Å²) >= 11 is 0. The highest BCUT2D eigenvalue weighted by Gasteiger charge is 2.29. The van der Waals surface area contributed by atoms with Crippen LogP contribution in [0.3, 0.4) is 0 Å². The molecular formula is C20H43NO6. The van der Waals surface area contributed by atoms with Gasteiger partial charge in [0.05, 0.1) is 18.8 Å². The Morgan fingerprint density at radius 1 is 0.630 bits per heavy atom. The Kier molecular flexibility index (Phi) is 17.6. The number of nitrogens with one attached hydrogen (secondary N) is 1. The minimum atomic E-state index is -1.62. The van der Waals surface area contributed by atoms with Crippen molar-refractivity contribution in [1.82, 2.24) is 5.32 Å². The molecule has 5 atom stereocenters. The van der Waals surface area contributed by atoms with Gasteiger partial charge in [-0.1, -0.05) is 71.1 Å². The Hall–Kier alpha value is -0.280. The molecule has 0 saturated heterocycles. The summed E-state index contributed by atoms with van der Waals surface area (Å²) in [6.07, 6.45) is 6.64. The summed E-state index contributed by atoms with van der Waals surface area (Å²) in [6.45, 7) is 1.80. The van der Waals surface area contributed by atoms with Crippen LogP contribution in [0.4, 0.5) is 0 Å². The van der Waals surface area contributed by atoms with Crippen LogP contribution in [0, 0.1) is 0 Å². The van der Waals surface area contributed by atoms with Crippen LogP contribution < -0.4 is 5.32 Å². The third kappa shape index (κ3) is 14.4. The van der Waals surface area contributed by atoms with Crippen molar-refractivity contribution in [2.24, 2.45) is 0 Å². The molecule has 0 fully saturated rings. The first-order valence-electron chi connectivity index (χ1n) is 10.7. The molecule has 0 aliphatic heterocycles. The minimum Gasteiger partial charge on any atom is -0.394 e. The van der Waals surface area contributed by atoms with Crippen LogP contribution >= 0.6 is 0 Å². The smallest absolute Gasteiger partial charge is 0.111 e. The number of rotatable bonds is 19. The van der Waals surface area contributed by atoms with E-state index in [0.29, 0.717) is 13.0 Å². The van der Waals surface area contributed by atoms with Gasteiger partial charge in [0.1, 0.15) is 18.3 Å². The Morgan fingerprint density at radius 3 is 1.63 bits per heavy atom. The van der Waals surface area contributed by atoms with Crippen molar-refractivity contribution in [3.8, 4) is 0 Å². The lowest BCUT2D eigenvalue weighted by Gasteiger charge is -2.26. The molecule has 0 radical (unpaired) electrons. The van der Waals surface area contributed by atoms with Crippen LogP contribution in [0.1, 0.15) is 77.6 Å². The highest BCUT2D eigenvalue weighted by atomic mass is 16.4. The van der Waals surface area contributed by atoms with Gasteiger partial charge in [0.25, 0.3) is 0 Å². The Labute approximate surface area is 164 Å². The van der Waals surface area contributed by atoms with E-state index in [1.54, 1.807) is 0 Å². The molecule has 0 aliphatic carbocycles. The molecule has 0 amide bonds. The Balaban J connectivity index is 3.57. The van der Waals surface area contributed by atoms with Crippen LogP contribution in [0.2, 0.25) is 0 Å². The number of aliphatic hydroxyl groups excluding tert-OH is 6. The highest BCUT2D eigenvalue weighted by molar-refractivity contribution is 4.81. The van der Waals surface area contributed by atoms with Gasteiger partial charge in [-0.05, 0) is 6.42 Å². The van der Waals surface area contributed by atoms with E-state index in [2.05, 4.69) is 12.2 Å². The normalized spacial score (nSPS) is 17.4. The maximum Gasteiger partial charge on any atom is 0.111 e. The van der Waals surface area contributed by atoms with E-state index < -0.39 is 37.1 Å². The van der Waals surface area contributed by atoms with E-state index >= 15 is 0 Å². The molecule has 0 aromatic heterocycles. The molecule has 0 heterocycles. The van der Waals surface area contributed by atoms with E-state index in [-0.39, 0.29) is 6.54 Å². The van der Waals surface area contributed by atoms with Crippen LogP contribution in [0.25, 0.3) is 0 Å². The highest BCUT2D eigenvalue weighted by Crippen LogP contribution is 2.12. The van der Waals surface area contributed by atoms with Crippen LogP contribution in [0.5, 0.6) is 0 Å². The largest absolute Gasteiger partial charge is 0.394 e. The van der Waals surface area contributed by atoms with Gasteiger partial charge in [0.15, 0.2) is 0 Å². The average Bonchev–Trinajstić information content (AvgIpc) is 2.67. The van der Waals surface area contributed by atoms with E-state index in [0.717, 1.165) is 12.8 Å². The van der Waals surface area contributed by atoms with Crippen LogP contribution in [0.15, 0.2) is 0 Å². The zero-order valence-corrected chi connectivity index (χ0v) is 17.0. The van der Waals surface area contributed by atoms with Gasteiger partial charge in [-0.25, -0.2) is 0 Å².